The number of aliphatic imine (C=N–C) groups is 1. The molecule has 0 spiro atoms. The van der Waals surface area contributed by atoms with Crippen molar-refractivity contribution in [2.75, 3.05) is 5.32 Å². The Balaban J connectivity index is 1.67. The highest BCUT2D eigenvalue weighted by atomic mass is 35.5. The van der Waals surface area contributed by atoms with Gasteiger partial charge in [0.1, 0.15) is 5.71 Å². The zero-order chi connectivity index (χ0) is 21.4. The quantitative estimate of drug-likeness (QED) is 0.409. The van der Waals surface area contributed by atoms with E-state index in [1.165, 1.54) is 0 Å². The molecule has 0 unspecified atom stereocenters. The van der Waals surface area contributed by atoms with Gasteiger partial charge < -0.3 is 5.32 Å². The number of hydrogen-bond acceptors (Lipinski definition) is 4. The fraction of sp³-hybridized carbons (Fsp3) is 0. The molecule has 1 aliphatic heterocycles. The normalized spacial score (nSPS) is 13.9. The molecule has 0 saturated heterocycles. The summed E-state index contributed by atoms with van der Waals surface area (Å²) in [6, 6.07) is 24.0. The largest absolute Gasteiger partial charge is 0.320 e. The van der Waals surface area contributed by atoms with Gasteiger partial charge in [-0.05, 0) is 36.4 Å². The Hall–Kier alpha value is -3.54. The van der Waals surface area contributed by atoms with Gasteiger partial charge in [-0.2, -0.15) is 0 Å². The van der Waals surface area contributed by atoms with Crippen LogP contribution in [0.1, 0.15) is 5.56 Å². The molecule has 1 aliphatic rings. The lowest BCUT2D eigenvalue weighted by molar-refractivity contribution is -0.110. The maximum Gasteiger partial charge on any atom is 0.275 e. The van der Waals surface area contributed by atoms with Crippen molar-refractivity contribution in [1.82, 2.24) is 9.97 Å². The zero-order valence-electron chi connectivity index (χ0n) is 16.0. The molecule has 0 saturated carbocycles. The molecule has 5 rings (SSSR count). The summed E-state index contributed by atoms with van der Waals surface area (Å²) in [6.45, 7) is 0. The van der Waals surface area contributed by atoms with Crippen LogP contribution in [-0.4, -0.2) is 21.6 Å². The summed E-state index contributed by atoms with van der Waals surface area (Å²) in [5.74, 6) is -0.0889. The Morgan fingerprint density at radius 2 is 1.29 bits per heavy atom. The monoisotopic (exact) mass is 444 g/mol. The predicted octanol–water partition coefficient (Wildman–Crippen LogP) is 6.19. The Morgan fingerprint density at radius 3 is 1.87 bits per heavy atom. The van der Waals surface area contributed by atoms with E-state index in [1.807, 2.05) is 54.6 Å². The molecule has 150 valence electrons. The van der Waals surface area contributed by atoms with Crippen molar-refractivity contribution in [2.45, 2.75) is 0 Å². The van der Waals surface area contributed by atoms with Crippen molar-refractivity contribution in [3.05, 3.63) is 94.5 Å². The van der Waals surface area contributed by atoms with Gasteiger partial charge in [0, 0.05) is 26.7 Å². The van der Waals surface area contributed by atoms with Gasteiger partial charge in [0.05, 0.1) is 17.1 Å². The highest BCUT2D eigenvalue weighted by Crippen LogP contribution is 2.29. The molecule has 7 heteroatoms. The number of nitrogens with zero attached hydrogens (tertiary/aromatic N) is 3. The van der Waals surface area contributed by atoms with Gasteiger partial charge in [0.25, 0.3) is 11.9 Å². The molecule has 5 nitrogen and oxygen atoms in total. The number of rotatable bonds is 3. The van der Waals surface area contributed by atoms with E-state index in [-0.39, 0.29) is 17.6 Å². The molecule has 1 aromatic heterocycles. The summed E-state index contributed by atoms with van der Waals surface area (Å²) in [5.41, 5.74) is 4.79. The maximum atomic E-state index is 12.5. The Morgan fingerprint density at radius 1 is 0.742 bits per heavy atom. The van der Waals surface area contributed by atoms with Gasteiger partial charge in [0.15, 0.2) is 0 Å². The smallest absolute Gasteiger partial charge is 0.275 e. The third-order valence-electron chi connectivity index (χ3n) is 4.85. The first kappa shape index (κ1) is 19.4. The van der Waals surface area contributed by atoms with Crippen molar-refractivity contribution in [2.24, 2.45) is 4.99 Å². The van der Waals surface area contributed by atoms with Crippen molar-refractivity contribution in [1.29, 1.82) is 0 Å². The summed E-state index contributed by atoms with van der Waals surface area (Å²) >= 11 is 12.1. The number of aromatic nitrogens is 2. The van der Waals surface area contributed by atoms with Crippen LogP contribution in [0.5, 0.6) is 0 Å². The third kappa shape index (κ3) is 3.93. The van der Waals surface area contributed by atoms with E-state index in [9.17, 15) is 4.79 Å². The summed E-state index contributed by atoms with van der Waals surface area (Å²) in [5, 5.41) is 4.09. The number of carbonyl (C=O) groups is 1. The minimum absolute atomic E-state index is 0.194. The topological polar surface area (TPSA) is 67.2 Å². The first-order valence-electron chi connectivity index (χ1n) is 9.47. The number of benzene rings is 3. The fourth-order valence-electron chi connectivity index (χ4n) is 3.34. The highest BCUT2D eigenvalue weighted by molar-refractivity contribution is 6.54. The minimum Gasteiger partial charge on any atom is -0.320 e. The van der Waals surface area contributed by atoms with E-state index >= 15 is 0 Å². The van der Waals surface area contributed by atoms with Crippen molar-refractivity contribution in [3.63, 3.8) is 0 Å². The molecule has 1 amide bonds. The van der Waals surface area contributed by atoms with E-state index in [2.05, 4.69) is 20.3 Å². The number of amides is 1. The Kier molecular flexibility index (Phi) is 4.98. The average Bonchev–Trinajstić information content (AvgIpc) is 3.09. The van der Waals surface area contributed by atoms with Gasteiger partial charge in [-0.3, -0.25) is 4.79 Å². The van der Waals surface area contributed by atoms with Crippen LogP contribution in [0.15, 0.2) is 83.9 Å². The van der Waals surface area contributed by atoms with Crippen LogP contribution in [0.3, 0.4) is 0 Å². The molecule has 0 bridgehead atoms. The predicted molar refractivity (Wildman–Crippen MR) is 124 cm³/mol. The van der Waals surface area contributed by atoms with Gasteiger partial charge in [0.2, 0.25) is 0 Å². The van der Waals surface area contributed by atoms with Gasteiger partial charge in [-0.25, -0.2) is 15.0 Å². The Labute approximate surface area is 188 Å². The van der Waals surface area contributed by atoms with Crippen LogP contribution in [0.2, 0.25) is 10.0 Å². The molecule has 2 heterocycles. The molecule has 4 aromatic rings. The maximum absolute atomic E-state index is 12.5. The molecule has 0 atom stereocenters. The summed E-state index contributed by atoms with van der Waals surface area (Å²) in [7, 11) is 0. The number of nitrogens with one attached hydrogen (secondary N) is 1. The number of halogens is 2. The van der Waals surface area contributed by atoms with Crippen LogP contribution in [-0.2, 0) is 4.79 Å². The van der Waals surface area contributed by atoms with E-state index < -0.39 is 0 Å². The second kappa shape index (κ2) is 7.95. The standard InChI is InChI=1S/C24H14Cl2N4O/c25-16-9-5-14(6-10-16)20-13-21(15-7-11-17(26)12-8-15)29-24(28-20)30-22-18-3-1-2-4-19(18)27-23(22)31/h1-13H,(H,27,28,29,30,31). The number of fused-ring (bicyclic) bond motifs is 1. The molecule has 0 aliphatic carbocycles. The second-order valence-electron chi connectivity index (χ2n) is 6.91. The number of carbonyl (C=O) groups excluding carboxylic acids is 1. The van der Waals surface area contributed by atoms with Crippen molar-refractivity contribution in [3.8, 4) is 22.5 Å². The minimum atomic E-state index is -0.283. The number of anilines is 1. The summed E-state index contributed by atoms with van der Waals surface area (Å²) < 4.78 is 0. The average molecular weight is 445 g/mol. The second-order valence-corrected chi connectivity index (χ2v) is 7.79. The van der Waals surface area contributed by atoms with Gasteiger partial charge in [-0.1, -0.05) is 65.7 Å². The first-order valence-corrected chi connectivity index (χ1v) is 10.2. The lowest BCUT2D eigenvalue weighted by atomic mass is 10.1. The lowest BCUT2D eigenvalue weighted by Gasteiger charge is -2.07. The Bertz CT molecular complexity index is 1270. The van der Waals surface area contributed by atoms with Crippen LogP contribution < -0.4 is 5.32 Å². The molecule has 0 radical (unpaired) electrons. The zero-order valence-corrected chi connectivity index (χ0v) is 17.5. The molecular weight excluding hydrogens is 431 g/mol. The summed E-state index contributed by atoms with van der Waals surface area (Å²) in [6.07, 6.45) is 0. The fourth-order valence-corrected chi connectivity index (χ4v) is 3.59. The van der Waals surface area contributed by atoms with Crippen molar-refractivity contribution >= 4 is 46.5 Å². The third-order valence-corrected chi connectivity index (χ3v) is 5.36. The van der Waals surface area contributed by atoms with Crippen molar-refractivity contribution < 1.29 is 4.79 Å². The van der Waals surface area contributed by atoms with E-state index in [4.69, 9.17) is 23.2 Å². The molecule has 1 N–H and O–H groups in total. The van der Waals surface area contributed by atoms with Gasteiger partial charge in [-0.15, -0.1) is 0 Å². The van der Waals surface area contributed by atoms with Crippen LogP contribution >= 0.6 is 23.2 Å². The molecule has 0 fully saturated rings. The van der Waals surface area contributed by atoms with E-state index in [0.29, 0.717) is 21.4 Å². The van der Waals surface area contributed by atoms with Crippen LogP contribution in [0, 0.1) is 0 Å². The molecule has 31 heavy (non-hydrogen) atoms. The van der Waals surface area contributed by atoms with Gasteiger partial charge >= 0.3 is 0 Å². The lowest BCUT2D eigenvalue weighted by Crippen LogP contribution is -2.14. The number of hydrogen-bond donors (Lipinski definition) is 1. The highest BCUT2D eigenvalue weighted by Gasteiger charge is 2.26. The first-order chi connectivity index (χ1) is 15.1. The van der Waals surface area contributed by atoms with Crippen LogP contribution in [0.25, 0.3) is 22.5 Å². The molecule has 3 aromatic carbocycles. The van der Waals surface area contributed by atoms with E-state index in [0.717, 1.165) is 22.4 Å². The SMILES string of the molecule is O=C1Nc2ccccc2/C1=N/c1nc(-c2ccc(Cl)cc2)cc(-c2ccc(Cl)cc2)n1. The van der Waals surface area contributed by atoms with E-state index in [1.54, 1.807) is 24.3 Å². The number of para-hydroxylation sites is 1. The molecular formula is C24H14Cl2N4O. The summed E-state index contributed by atoms with van der Waals surface area (Å²) in [4.78, 5) is 26.2. The van der Waals surface area contributed by atoms with Crippen LogP contribution in [0.4, 0.5) is 11.6 Å².